The third-order valence-corrected chi connectivity index (χ3v) is 3.93. The molecule has 0 bridgehead atoms. The molecule has 1 unspecified atom stereocenters. The fourth-order valence-corrected chi connectivity index (χ4v) is 2.59. The largest absolute Gasteiger partial charge is 0.480 e. The quantitative estimate of drug-likeness (QED) is 0.568. The number of anilines is 1. The molecule has 0 aliphatic rings. The molecule has 0 fully saturated rings. The summed E-state index contributed by atoms with van der Waals surface area (Å²) in [6, 6.07) is 8.31. The van der Waals surface area contributed by atoms with Gasteiger partial charge in [0, 0.05) is 17.9 Å². The normalized spacial score (nSPS) is 11.5. The summed E-state index contributed by atoms with van der Waals surface area (Å²) in [6.45, 7) is 1.86. The van der Waals surface area contributed by atoms with E-state index in [-0.39, 0.29) is 24.0 Å². The third-order valence-electron chi connectivity index (χ3n) is 2.97. The number of carbonyl (C=O) groups excluding carboxylic acids is 2. The monoisotopic (exact) mass is 338 g/mol. The van der Waals surface area contributed by atoms with Gasteiger partial charge in [-0.2, -0.15) is 11.8 Å². The van der Waals surface area contributed by atoms with Crippen LogP contribution in [0.25, 0.3) is 0 Å². The molecule has 3 N–H and O–H groups in total. The van der Waals surface area contributed by atoms with Gasteiger partial charge >= 0.3 is 5.97 Å². The van der Waals surface area contributed by atoms with Crippen LogP contribution in [0.4, 0.5) is 5.69 Å². The molecule has 0 saturated carbocycles. The van der Waals surface area contributed by atoms with Crippen LogP contribution in [0.3, 0.4) is 0 Å². The van der Waals surface area contributed by atoms with Gasteiger partial charge in [-0.25, -0.2) is 4.79 Å². The standard InChI is InChI=1S/C16H22N2O4S/c1-2-6-13(16(21)22)18-14(19)9-10-23-11-15(20)17-12-7-4-3-5-8-12/h3-5,7-8,13H,2,6,9-11H2,1H3,(H,17,20)(H,18,19)(H,21,22). The number of carbonyl (C=O) groups is 3. The van der Waals surface area contributed by atoms with Crippen molar-refractivity contribution in [3.05, 3.63) is 30.3 Å². The molecule has 0 radical (unpaired) electrons. The Morgan fingerprint density at radius 1 is 1.17 bits per heavy atom. The minimum atomic E-state index is -1.02. The molecule has 0 aliphatic carbocycles. The molecule has 0 heterocycles. The van der Waals surface area contributed by atoms with Gasteiger partial charge in [0.05, 0.1) is 5.75 Å². The van der Waals surface area contributed by atoms with Gasteiger partial charge in [0.2, 0.25) is 11.8 Å². The van der Waals surface area contributed by atoms with Gasteiger partial charge in [-0.3, -0.25) is 9.59 Å². The average Bonchev–Trinajstić information content (AvgIpc) is 2.52. The van der Waals surface area contributed by atoms with Crippen LogP contribution in [0, 0.1) is 0 Å². The van der Waals surface area contributed by atoms with Crippen molar-refractivity contribution in [1.82, 2.24) is 5.32 Å². The highest BCUT2D eigenvalue weighted by molar-refractivity contribution is 7.99. The van der Waals surface area contributed by atoms with Crippen LogP contribution in [0.1, 0.15) is 26.2 Å². The molecule has 0 saturated heterocycles. The van der Waals surface area contributed by atoms with Crippen LogP contribution >= 0.6 is 11.8 Å². The zero-order valence-corrected chi connectivity index (χ0v) is 13.9. The lowest BCUT2D eigenvalue weighted by Gasteiger charge is -2.13. The molecular weight excluding hydrogens is 316 g/mol. The number of para-hydroxylation sites is 1. The van der Waals surface area contributed by atoms with Crippen LogP contribution < -0.4 is 10.6 Å². The molecule has 23 heavy (non-hydrogen) atoms. The molecule has 1 aromatic rings. The second kappa shape index (κ2) is 10.7. The minimum absolute atomic E-state index is 0.129. The zero-order valence-electron chi connectivity index (χ0n) is 13.1. The lowest BCUT2D eigenvalue weighted by molar-refractivity contribution is -0.142. The zero-order chi connectivity index (χ0) is 17.1. The van der Waals surface area contributed by atoms with E-state index in [1.54, 1.807) is 12.1 Å². The van der Waals surface area contributed by atoms with Crippen LogP contribution in [0.2, 0.25) is 0 Å². The highest BCUT2D eigenvalue weighted by Gasteiger charge is 2.18. The van der Waals surface area contributed by atoms with Gasteiger partial charge in [0.15, 0.2) is 0 Å². The summed E-state index contributed by atoms with van der Waals surface area (Å²) in [5.74, 6) is -0.737. The molecule has 0 spiro atoms. The van der Waals surface area contributed by atoms with E-state index in [1.807, 2.05) is 25.1 Å². The number of carboxylic acid groups (broad SMARTS) is 1. The van der Waals surface area contributed by atoms with Crippen molar-refractivity contribution in [2.75, 3.05) is 16.8 Å². The number of hydrogen-bond acceptors (Lipinski definition) is 4. The van der Waals surface area contributed by atoms with Gasteiger partial charge < -0.3 is 15.7 Å². The minimum Gasteiger partial charge on any atom is -0.480 e. The van der Waals surface area contributed by atoms with Crippen molar-refractivity contribution in [1.29, 1.82) is 0 Å². The predicted molar refractivity (Wildman–Crippen MR) is 91.5 cm³/mol. The van der Waals surface area contributed by atoms with Crippen LogP contribution in [-0.2, 0) is 14.4 Å². The first kappa shape index (κ1) is 19.0. The maximum absolute atomic E-state index is 11.7. The van der Waals surface area contributed by atoms with Gasteiger partial charge in [0.1, 0.15) is 6.04 Å². The van der Waals surface area contributed by atoms with E-state index in [0.717, 1.165) is 5.69 Å². The third kappa shape index (κ3) is 8.25. The highest BCUT2D eigenvalue weighted by Crippen LogP contribution is 2.08. The number of thioether (sulfide) groups is 1. The Labute approximate surface area is 140 Å². The maximum atomic E-state index is 11.7. The number of aliphatic carboxylic acids is 1. The molecule has 0 aromatic heterocycles. The Morgan fingerprint density at radius 3 is 2.48 bits per heavy atom. The number of benzene rings is 1. The predicted octanol–water partition coefficient (Wildman–Crippen LogP) is 2.12. The smallest absolute Gasteiger partial charge is 0.326 e. The fourth-order valence-electron chi connectivity index (χ4n) is 1.86. The number of rotatable bonds is 10. The molecule has 2 amide bonds. The highest BCUT2D eigenvalue weighted by atomic mass is 32.2. The first-order chi connectivity index (χ1) is 11.0. The van der Waals surface area contributed by atoms with E-state index in [2.05, 4.69) is 10.6 Å². The van der Waals surface area contributed by atoms with E-state index < -0.39 is 12.0 Å². The second-order valence-electron chi connectivity index (χ2n) is 4.96. The summed E-state index contributed by atoms with van der Waals surface area (Å²) in [5, 5.41) is 14.2. The summed E-state index contributed by atoms with van der Waals surface area (Å²) in [6.07, 6.45) is 1.29. The van der Waals surface area contributed by atoms with E-state index in [9.17, 15) is 14.4 Å². The summed E-state index contributed by atoms with van der Waals surface area (Å²) >= 11 is 1.34. The molecule has 7 heteroatoms. The SMILES string of the molecule is CCCC(NC(=O)CCSCC(=O)Nc1ccccc1)C(=O)O. The van der Waals surface area contributed by atoms with Gasteiger partial charge in [-0.15, -0.1) is 0 Å². The Bertz CT molecular complexity index is 522. The van der Waals surface area contributed by atoms with Gasteiger partial charge in [-0.05, 0) is 18.6 Å². The lowest BCUT2D eigenvalue weighted by Crippen LogP contribution is -2.40. The van der Waals surface area contributed by atoms with E-state index in [1.165, 1.54) is 11.8 Å². The van der Waals surface area contributed by atoms with Gasteiger partial charge in [-0.1, -0.05) is 31.5 Å². The number of carboxylic acids is 1. The van der Waals surface area contributed by atoms with Crippen molar-refractivity contribution >= 4 is 35.2 Å². The molecule has 6 nitrogen and oxygen atoms in total. The van der Waals surface area contributed by atoms with E-state index in [4.69, 9.17) is 5.11 Å². The first-order valence-corrected chi connectivity index (χ1v) is 8.63. The Morgan fingerprint density at radius 2 is 1.87 bits per heavy atom. The summed E-state index contributed by atoms with van der Waals surface area (Å²) < 4.78 is 0. The summed E-state index contributed by atoms with van der Waals surface area (Å²) in [4.78, 5) is 34.3. The average molecular weight is 338 g/mol. The second-order valence-corrected chi connectivity index (χ2v) is 6.07. The van der Waals surface area contributed by atoms with Crippen LogP contribution in [0.5, 0.6) is 0 Å². The maximum Gasteiger partial charge on any atom is 0.326 e. The summed E-state index contributed by atoms with van der Waals surface area (Å²) in [7, 11) is 0. The van der Waals surface area contributed by atoms with Crippen LogP contribution in [-0.4, -0.2) is 40.4 Å². The molecule has 126 valence electrons. The Balaban J connectivity index is 2.19. The van der Waals surface area contributed by atoms with Crippen molar-refractivity contribution in [3.8, 4) is 0 Å². The topological polar surface area (TPSA) is 95.5 Å². The Kier molecular flexibility index (Phi) is 8.82. The van der Waals surface area contributed by atoms with Crippen LogP contribution in [0.15, 0.2) is 30.3 Å². The molecular formula is C16H22N2O4S. The van der Waals surface area contributed by atoms with Crippen molar-refractivity contribution in [2.24, 2.45) is 0 Å². The Hall–Kier alpha value is -2.02. The van der Waals surface area contributed by atoms with E-state index >= 15 is 0 Å². The molecule has 1 rings (SSSR count). The van der Waals surface area contributed by atoms with Crippen molar-refractivity contribution < 1.29 is 19.5 Å². The van der Waals surface area contributed by atoms with Crippen molar-refractivity contribution in [3.63, 3.8) is 0 Å². The molecule has 1 aromatic carbocycles. The first-order valence-electron chi connectivity index (χ1n) is 7.47. The fraction of sp³-hybridized carbons (Fsp3) is 0.438. The summed E-state index contributed by atoms with van der Waals surface area (Å²) in [5.41, 5.74) is 0.736. The number of amides is 2. The lowest BCUT2D eigenvalue weighted by atomic mass is 10.1. The van der Waals surface area contributed by atoms with E-state index in [0.29, 0.717) is 18.6 Å². The number of hydrogen-bond donors (Lipinski definition) is 3. The number of nitrogens with one attached hydrogen (secondary N) is 2. The molecule has 1 atom stereocenters. The van der Waals surface area contributed by atoms with Crippen molar-refractivity contribution in [2.45, 2.75) is 32.2 Å². The molecule has 0 aliphatic heterocycles. The van der Waals surface area contributed by atoms with Gasteiger partial charge in [0.25, 0.3) is 0 Å².